The van der Waals surface area contributed by atoms with Crippen molar-refractivity contribution in [3.05, 3.63) is 11.7 Å². The van der Waals surface area contributed by atoms with Crippen LogP contribution in [0.1, 0.15) is 32.5 Å². The first-order valence-electron chi connectivity index (χ1n) is 5.95. The standard InChI is InChI=1S/C11H22N4O/c1-4-15(5-2)7-6-10-13-11(16-14-10)8-9(3)12/h9H,4-8,12H2,1-3H3. The largest absolute Gasteiger partial charge is 0.339 e. The van der Waals surface area contributed by atoms with Crippen LogP contribution >= 0.6 is 0 Å². The van der Waals surface area contributed by atoms with Crippen molar-refractivity contribution in [1.82, 2.24) is 15.0 Å². The zero-order valence-electron chi connectivity index (χ0n) is 10.4. The van der Waals surface area contributed by atoms with Gasteiger partial charge in [-0.1, -0.05) is 19.0 Å². The Morgan fingerprint density at radius 2 is 2.06 bits per heavy atom. The van der Waals surface area contributed by atoms with Crippen LogP contribution in [-0.4, -0.2) is 40.7 Å². The Kier molecular flexibility index (Phi) is 5.42. The van der Waals surface area contributed by atoms with Crippen LogP contribution in [0.15, 0.2) is 4.52 Å². The van der Waals surface area contributed by atoms with E-state index >= 15 is 0 Å². The minimum Gasteiger partial charge on any atom is -0.339 e. The van der Waals surface area contributed by atoms with Gasteiger partial charge in [-0.05, 0) is 20.0 Å². The third-order valence-corrected chi connectivity index (χ3v) is 2.55. The molecule has 1 aromatic heterocycles. The third kappa shape index (κ3) is 4.28. The summed E-state index contributed by atoms with van der Waals surface area (Å²) in [6.45, 7) is 9.33. The highest BCUT2D eigenvalue weighted by Crippen LogP contribution is 2.02. The predicted molar refractivity (Wildman–Crippen MR) is 63.1 cm³/mol. The summed E-state index contributed by atoms with van der Waals surface area (Å²) in [5.41, 5.74) is 5.66. The second-order valence-electron chi connectivity index (χ2n) is 4.06. The fourth-order valence-electron chi connectivity index (χ4n) is 1.55. The molecule has 0 bridgehead atoms. The van der Waals surface area contributed by atoms with E-state index in [1.54, 1.807) is 0 Å². The maximum atomic E-state index is 5.66. The molecule has 1 heterocycles. The van der Waals surface area contributed by atoms with Crippen molar-refractivity contribution < 1.29 is 4.52 Å². The van der Waals surface area contributed by atoms with Gasteiger partial charge >= 0.3 is 0 Å². The Morgan fingerprint density at radius 1 is 1.38 bits per heavy atom. The van der Waals surface area contributed by atoms with E-state index in [0.717, 1.165) is 31.9 Å². The van der Waals surface area contributed by atoms with Gasteiger partial charge in [0.15, 0.2) is 5.82 Å². The van der Waals surface area contributed by atoms with Crippen LogP contribution in [0.5, 0.6) is 0 Å². The molecule has 1 aromatic rings. The lowest BCUT2D eigenvalue weighted by atomic mass is 10.2. The molecule has 0 aliphatic carbocycles. The zero-order chi connectivity index (χ0) is 12.0. The lowest BCUT2D eigenvalue weighted by molar-refractivity contribution is 0.302. The van der Waals surface area contributed by atoms with Gasteiger partial charge in [-0.2, -0.15) is 4.98 Å². The van der Waals surface area contributed by atoms with Gasteiger partial charge in [-0.15, -0.1) is 0 Å². The summed E-state index contributed by atoms with van der Waals surface area (Å²) in [4.78, 5) is 6.64. The highest BCUT2D eigenvalue weighted by molar-refractivity contribution is 4.89. The maximum absolute atomic E-state index is 5.66. The maximum Gasteiger partial charge on any atom is 0.228 e. The fourth-order valence-corrected chi connectivity index (χ4v) is 1.55. The first-order chi connectivity index (χ1) is 7.65. The van der Waals surface area contributed by atoms with Crippen molar-refractivity contribution in [3.8, 4) is 0 Å². The van der Waals surface area contributed by atoms with Crippen molar-refractivity contribution in [3.63, 3.8) is 0 Å². The van der Waals surface area contributed by atoms with Gasteiger partial charge in [0, 0.05) is 25.4 Å². The molecule has 0 spiro atoms. The van der Waals surface area contributed by atoms with Gasteiger partial charge in [-0.3, -0.25) is 0 Å². The Balaban J connectivity index is 2.39. The van der Waals surface area contributed by atoms with Crippen molar-refractivity contribution >= 4 is 0 Å². The van der Waals surface area contributed by atoms with E-state index in [4.69, 9.17) is 10.3 Å². The molecule has 0 aromatic carbocycles. The molecule has 5 heteroatoms. The highest BCUT2D eigenvalue weighted by Gasteiger charge is 2.09. The molecule has 0 radical (unpaired) electrons. The van der Waals surface area contributed by atoms with E-state index in [-0.39, 0.29) is 6.04 Å². The molecule has 5 nitrogen and oxygen atoms in total. The molecule has 0 aliphatic heterocycles. The van der Waals surface area contributed by atoms with Crippen molar-refractivity contribution in [2.45, 2.75) is 39.7 Å². The van der Waals surface area contributed by atoms with Gasteiger partial charge in [0.05, 0.1) is 0 Å². The van der Waals surface area contributed by atoms with Crippen molar-refractivity contribution in [2.75, 3.05) is 19.6 Å². The number of hydrogen-bond acceptors (Lipinski definition) is 5. The first-order valence-corrected chi connectivity index (χ1v) is 5.95. The summed E-state index contributed by atoms with van der Waals surface area (Å²) >= 11 is 0. The molecule has 0 amide bonds. The zero-order valence-corrected chi connectivity index (χ0v) is 10.4. The summed E-state index contributed by atoms with van der Waals surface area (Å²) in [5.74, 6) is 1.42. The SMILES string of the molecule is CCN(CC)CCc1noc(CC(C)N)n1. The van der Waals surface area contributed by atoms with E-state index in [1.807, 2.05) is 6.92 Å². The Bertz CT molecular complexity index is 294. The minimum atomic E-state index is 0.0658. The van der Waals surface area contributed by atoms with Crippen LogP contribution in [0.3, 0.4) is 0 Å². The molecule has 0 saturated carbocycles. The number of nitrogens with two attached hydrogens (primary N) is 1. The Labute approximate surface area is 97.0 Å². The number of likely N-dealkylation sites (N-methyl/N-ethyl adjacent to an activating group) is 1. The van der Waals surface area contributed by atoms with Crippen LogP contribution in [0.4, 0.5) is 0 Å². The van der Waals surface area contributed by atoms with Crippen LogP contribution in [0, 0.1) is 0 Å². The van der Waals surface area contributed by atoms with Crippen LogP contribution in [-0.2, 0) is 12.8 Å². The van der Waals surface area contributed by atoms with E-state index in [0.29, 0.717) is 12.3 Å². The van der Waals surface area contributed by atoms with Gasteiger partial charge < -0.3 is 15.2 Å². The number of hydrogen-bond donors (Lipinski definition) is 1. The quantitative estimate of drug-likeness (QED) is 0.746. The summed E-state index contributed by atoms with van der Waals surface area (Å²) in [5, 5.41) is 3.94. The van der Waals surface area contributed by atoms with Crippen LogP contribution in [0.2, 0.25) is 0 Å². The topological polar surface area (TPSA) is 68.2 Å². The summed E-state index contributed by atoms with van der Waals surface area (Å²) in [6.07, 6.45) is 1.49. The fraction of sp³-hybridized carbons (Fsp3) is 0.818. The summed E-state index contributed by atoms with van der Waals surface area (Å²) in [6, 6.07) is 0.0658. The normalized spacial score (nSPS) is 13.3. The molecule has 0 fully saturated rings. The molecule has 92 valence electrons. The Hall–Kier alpha value is -0.940. The average molecular weight is 226 g/mol. The lowest BCUT2D eigenvalue weighted by Crippen LogP contribution is -2.25. The van der Waals surface area contributed by atoms with E-state index < -0.39 is 0 Å². The average Bonchev–Trinajstić information content (AvgIpc) is 2.66. The second kappa shape index (κ2) is 6.60. The van der Waals surface area contributed by atoms with Crippen molar-refractivity contribution in [1.29, 1.82) is 0 Å². The number of rotatable bonds is 7. The number of aromatic nitrogens is 2. The number of nitrogens with zero attached hydrogens (tertiary/aromatic N) is 3. The molecule has 1 unspecified atom stereocenters. The minimum absolute atomic E-state index is 0.0658. The summed E-state index contributed by atoms with van der Waals surface area (Å²) < 4.78 is 5.12. The van der Waals surface area contributed by atoms with E-state index in [1.165, 1.54) is 0 Å². The predicted octanol–water partition coefficient (Wildman–Crippen LogP) is 0.844. The molecular weight excluding hydrogens is 204 g/mol. The van der Waals surface area contributed by atoms with E-state index in [9.17, 15) is 0 Å². The van der Waals surface area contributed by atoms with Gasteiger partial charge in [0.2, 0.25) is 5.89 Å². The molecule has 0 aliphatic rings. The van der Waals surface area contributed by atoms with Gasteiger partial charge in [0.1, 0.15) is 0 Å². The first kappa shape index (κ1) is 13.1. The Morgan fingerprint density at radius 3 is 2.62 bits per heavy atom. The molecule has 0 saturated heterocycles. The molecular formula is C11H22N4O. The smallest absolute Gasteiger partial charge is 0.228 e. The molecule has 16 heavy (non-hydrogen) atoms. The second-order valence-corrected chi connectivity index (χ2v) is 4.06. The van der Waals surface area contributed by atoms with Crippen LogP contribution in [0.25, 0.3) is 0 Å². The summed E-state index contributed by atoms with van der Waals surface area (Å²) in [7, 11) is 0. The van der Waals surface area contributed by atoms with Gasteiger partial charge in [-0.25, -0.2) is 0 Å². The molecule has 1 atom stereocenters. The lowest BCUT2D eigenvalue weighted by Gasteiger charge is -2.16. The molecule has 2 N–H and O–H groups in total. The van der Waals surface area contributed by atoms with Gasteiger partial charge in [0.25, 0.3) is 0 Å². The monoisotopic (exact) mass is 226 g/mol. The van der Waals surface area contributed by atoms with Crippen LogP contribution < -0.4 is 5.73 Å². The van der Waals surface area contributed by atoms with E-state index in [2.05, 4.69) is 28.9 Å². The third-order valence-electron chi connectivity index (χ3n) is 2.55. The molecule has 1 rings (SSSR count). The highest BCUT2D eigenvalue weighted by atomic mass is 16.5. The van der Waals surface area contributed by atoms with Crippen molar-refractivity contribution in [2.24, 2.45) is 5.73 Å².